The third kappa shape index (κ3) is 5.12. The maximum absolute atomic E-state index is 13.9. The van der Waals surface area contributed by atoms with Gasteiger partial charge < -0.3 is 10.2 Å². The first-order valence-corrected chi connectivity index (χ1v) is 10.4. The van der Waals surface area contributed by atoms with Crippen LogP contribution in [-0.4, -0.2) is 28.3 Å². The summed E-state index contributed by atoms with van der Waals surface area (Å²) in [5.41, 5.74) is -8.69. The minimum Gasteiger partial charge on any atom is -0.388 e. The van der Waals surface area contributed by atoms with Crippen LogP contribution in [0.1, 0.15) is 45.0 Å². The van der Waals surface area contributed by atoms with Crippen LogP contribution in [0.5, 0.6) is 0 Å². The molecule has 3 rings (SSSR count). The zero-order chi connectivity index (χ0) is 29.0. The summed E-state index contributed by atoms with van der Waals surface area (Å²) in [6.07, 6.45) is -21.6. The van der Waals surface area contributed by atoms with Gasteiger partial charge in [0.25, 0.3) is 0 Å². The van der Waals surface area contributed by atoms with E-state index in [2.05, 4.69) is 5.10 Å². The predicted octanol–water partition coefficient (Wildman–Crippen LogP) is 5.49. The minimum atomic E-state index is -5.54. The number of halogens is 9. The smallest absolute Gasteiger partial charge is 0.388 e. The first kappa shape index (κ1) is 28.7. The summed E-state index contributed by atoms with van der Waals surface area (Å²) in [4.78, 5) is 0. The lowest BCUT2D eigenvalue weighted by atomic mass is 9.86. The lowest BCUT2D eigenvalue weighted by Gasteiger charge is -2.28. The van der Waals surface area contributed by atoms with E-state index in [4.69, 9.17) is 5.26 Å². The number of rotatable bonds is 3. The number of aryl methyl sites for hydroxylation is 2. The highest BCUT2D eigenvalue weighted by Crippen LogP contribution is 2.45. The van der Waals surface area contributed by atoms with Crippen LogP contribution in [-0.2, 0) is 12.4 Å². The molecule has 2 N–H and O–H groups in total. The molecule has 0 aromatic heterocycles. The topological polar surface area (TPSA) is 104 Å². The van der Waals surface area contributed by atoms with E-state index in [0.29, 0.717) is 5.01 Å². The number of alkyl halides is 9. The summed E-state index contributed by atoms with van der Waals surface area (Å²) in [6.45, 7) is 2.87. The summed E-state index contributed by atoms with van der Waals surface area (Å²) in [7, 11) is 0. The molecule has 15 heteroatoms. The van der Waals surface area contributed by atoms with Crippen molar-refractivity contribution in [2.75, 3.05) is 5.01 Å². The molecule has 3 unspecified atom stereocenters. The van der Waals surface area contributed by atoms with Crippen LogP contribution in [0.15, 0.2) is 29.4 Å². The summed E-state index contributed by atoms with van der Waals surface area (Å²) in [5, 5.41) is 43.3. The normalized spacial score (nSPS) is 19.1. The average Bonchev–Trinajstić information content (AvgIpc) is 3.13. The average molecular weight is 550 g/mol. The Labute approximate surface area is 208 Å². The van der Waals surface area contributed by atoms with Crippen LogP contribution in [0.3, 0.4) is 0 Å². The number of aliphatic hydroxyl groups excluding tert-OH is 2. The van der Waals surface area contributed by atoms with E-state index >= 15 is 0 Å². The number of anilines is 1. The Hall–Kier alpha value is -3.82. The van der Waals surface area contributed by atoms with Gasteiger partial charge in [-0.05, 0) is 54.8 Å². The van der Waals surface area contributed by atoms with Gasteiger partial charge >= 0.3 is 18.5 Å². The molecule has 0 fully saturated rings. The van der Waals surface area contributed by atoms with E-state index in [-0.39, 0.29) is 34.5 Å². The van der Waals surface area contributed by atoms with Gasteiger partial charge in [-0.1, -0.05) is 0 Å². The van der Waals surface area contributed by atoms with Crippen molar-refractivity contribution in [3.63, 3.8) is 0 Å². The molecular weight excluding hydrogens is 535 g/mol. The third-order valence-corrected chi connectivity index (χ3v) is 5.85. The Morgan fingerprint density at radius 3 is 1.63 bits per heavy atom. The van der Waals surface area contributed by atoms with E-state index in [1.807, 2.05) is 6.07 Å². The second kappa shape index (κ2) is 9.49. The fourth-order valence-corrected chi connectivity index (χ4v) is 4.16. The minimum absolute atomic E-state index is 0.0716. The van der Waals surface area contributed by atoms with Crippen molar-refractivity contribution in [2.24, 2.45) is 11.0 Å². The van der Waals surface area contributed by atoms with Crippen LogP contribution in [0, 0.1) is 42.4 Å². The molecule has 0 saturated heterocycles. The van der Waals surface area contributed by atoms with Crippen molar-refractivity contribution in [1.82, 2.24) is 0 Å². The van der Waals surface area contributed by atoms with Gasteiger partial charge in [-0.25, -0.2) is 5.01 Å². The van der Waals surface area contributed by atoms with Crippen molar-refractivity contribution >= 4 is 11.4 Å². The van der Waals surface area contributed by atoms with Crippen molar-refractivity contribution in [3.8, 4) is 12.1 Å². The molecular formula is C23H15F9N4O2. The van der Waals surface area contributed by atoms with E-state index in [1.165, 1.54) is 26.0 Å². The molecule has 0 radical (unpaired) electrons. The highest BCUT2D eigenvalue weighted by Gasteiger charge is 2.54. The number of aliphatic hydroxyl groups is 2. The third-order valence-electron chi connectivity index (χ3n) is 5.85. The first-order chi connectivity index (χ1) is 17.3. The molecule has 202 valence electrons. The number of hydrogen-bond donors (Lipinski definition) is 2. The summed E-state index contributed by atoms with van der Waals surface area (Å²) in [6, 6.07) is 4.90. The Kier molecular flexibility index (Phi) is 7.18. The highest BCUT2D eigenvalue weighted by atomic mass is 19.4. The Balaban J connectivity index is 2.21. The van der Waals surface area contributed by atoms with Gasteiger partial charge in [-0.3, -0.25) is 0 Å². The summed E-state index contributed by atoms with van der Waals surface area (Å²) in [5.74, 6) is -2.55. The number of hydrogen-bond acceptors (Lipinski definition) is 6. The predicted molar refractivity (Wildman–Crippen MR) is 112 cm³/mol. The fourth-order valence-electron chi connectivity index (χ4n) is 4.16. The molecule has 0 bridgehead atoms. The second-order valence-electron chi connectivity index (χ2n) is 8.38. The van der Waals surface area contributed by atoms with Gasteiger partial charge in [-0.15, -0.1) is 0 Å². The zero-order valence-electron chi connectivity index (χ0n) is 19.1. The molecule has 1 aliphatic rings. The number of nitrogens with zero attached hydrogens (tertiary/aromatic N) is 4. The van der Waals surface area contributed by atoms with E-state index in [1.54, 1.807) is 0 Å². The maximum atomic E-state index is 13.9. The maximum Gasteiger partial charge on any atom is 0.431 e. The molecule has 2 aromatic carbocycles. The van der Waals surface area contributed by atoms with Gasteiger partial charge in [0.15, 0.2) is 11.9 Å². The van der Waals surface area contributed by atoms with Crippen molar-refractivity contribution in [3.05, 3.63) is 63.2 Å². The number of nitriles is 2. The molecule has 0 aliphatic carbocycles. The molecule has 1 aliphatic heterocycles. The van der Waals surface area contributed by atoms with Crippen LogP contribution in [0.25, 0.3) is 0 Å². The monoisotopic (exact) mass is 550 g/mol. The Morgan fingerprint density at radius 2 is 1.26 bits per heavy atom. The van der Waals surface area contributed by atoms with Gasteiger partial charge in [0.1, 0.15) is 6.07 Å². The van der Waals surface area contributed by atoms with Crippen molar-refractivity contribution in [1.29, 1.82) is 10.5 Å². The zero-order valence-corrected chi connectivity index (χ0v) is 19.1. The van der Waals surface area contributed by atoms with E-state index in [0.717, 1.165) is 6.07 Å². The Morgan fingerprint density at radius 1 is 0.816 bits per heavy atom. The summed E-state index contributed by atoms with van der Waals surface area (Å²) >= 11 is 0. The molecule has 3 atom stereocenters. The highest BCUT2D eigenvalue weighted by molar-refractivity contribution is 5.96. The van der Waals surface area contributed by atoms with Crippen molar-refractivity contribution < 1.29 is 49.7 Å². The van der Waals surface area contributed by atoms with Crippen LogP contribution in [0.4, 0.5) is 45.2 Å². The van der Waals surface area contributed by atoms with Gasteiger partial charge in [0, 0.05) is 0 Å². The van der Waals surface area contributed by atoms with Crippen LogP contribution in [0.2, 0.25) is 0 Å². The first-order valence-electron chi connectivity index (χ1n) is 10.4. The van der Waals surface area contributed by atoms with Crippen LogP contribution >= 0.6 is 0 Å². The summed E-state index contributed by atoms with van der Waals surface area (Å²) < 4.78 is 123. The molecule has 0 saturated carbocycles. The molecule has 6 nitrogen and oxygen atoms in total. The fraction of sp³-hybridized carbons (Fsp3) is 0.348. The molecule has 0 amide bonds. The van der Waals surface area contributed by atoms with Crippen LogP contribution < -0.4 is 5.01 Å². The Bertz CT molecular complexity index is 1320. The molecule has 2 aromatic rings. The SMILES string of the molecule is Cc1cc(N2N=C(C(F)(F)F)C(C(O)c3cc(C(F)(F)F)c(C#N)c(C(F)(F)F)c3)C2O)cc(C)c1C#N. The van der Waals surface area contributed by atoms with Gasteiger partial charge in [0.2, 0.25) is 0 Å². The quantitative estimate of drug-likeness (QED) is 0.492. The van der Waals surface area contributed by atoms with Gasteiger partial charge in [-0.2, -0.15) is 55.1 Å². The second-order valence-corrected chi connectivity index (χ2v) is 8.38. The largest absolute Gasteiger partial charge is 0.431 e. The lowest BCUT2D eigenvalue weighted by molar-refractivity contribution is -0.143. The van der Waals surface area contributed by atoms with Crippen molar-refractivity contribution in [2.45, 2.75) is 44.7 Å². The van der Waals surface area contributed by atoms with E-state index < -0.39 is 64.7 Å². The van der Waals surface area contributed by atoms with Gasteiger partial charge in [0.05, 0.1) is 46.0 Å². The molecule has 1 heterocycles. The lowest BCUT2D eigenvalue weighted by Crippen LogP contribution is -2.40. The number of hydrazone groups is 1. The molecule has 0 spiro atoms. The van der Waals surface area contributed by atoms with E-state index in [9.17, 15) is 55.0 Å². The standard InChI is InChI=1S/C23H15F9N4O2/c1-9-3-12(4-10(2)13(9)7-33)36-20(38)17(19(35-36)23(30,31)32)18(37)11-5-15(21(24,25)26)14(8-34)16(6-11)22(27,28)29/h3-6,17-18,20,37-38H,1-2H3. The molecule has 38 heavy (non-hydrogen) atoms. The number of benzene rings is 2.